The minimum absolute atomic E-state index is 0.177. The molecule has 84 valence electrons. The van der Waals surface area contributed by atoms with Crippen LogP contribution in [0.15, 0.2) is 40.5 Å². The first-order chi connectivity index (χ1) is 7.77. The average molecular weight is 236 g/mol. The van der Waals surface area contributed by atoms with E-state index in [1.165, 1.54) is 11.3 Å². The van der Waals surface area contributed by atoms with Crippen LogP contribution in [0.25, 0.3) is 0 Å². The lowest BCUT2D eigenvalue weighted by atomic mass is 10.2. The number of carbonyl (C=O) groups is 1. The highest BCUT2D eigenvalue weighted by atomic mass is 32.1. The Morgan fingerprint density at radius 1 is 1.56 bits per heavy atom. The van der Waals surface area contributed by atoms with Crippen LogP contribution in [0.1, 0.15) is 16.5 Å². The van der Waals surface area contributed by atoms with E-state index in [0.29, 0.717) is 6.54 Å². The van der Waals surface area contributed by atoms with Gasteiger partial charge in [0.2, 0.25) is 5.91 Å². The maximum absolute atomic E-state index is 11.7. The summed E-state index contributed by atoms with van der Waals surface area (Å²) in [5, 5.41) is 4.66. The first-order valence-electron chi connectivity index (χ1n) is 4.85. The first kappa shape index (κ1) is 10.9. The Labute approximate surface area is 97.1 Å². The minimum atomic E-state index is -0.591. The van der Waals surface area contributed by atoms with E-state index in [1.807, 2.05) is 17.5 Å². The van der Waals surface area contributed by atoms with E-state index >= 15 is 0 Å². The molecule has 1 atom stereocenters. The molecule has 0 aliphatic rings. The van der Waals surface area contributed by atoms with E-state index in [-0.39, 0.29) is 5.91 Å². The molecule has 2 aromatic rings. The summed E-state index contributed by atoms with van der Waals surface area (Å²) in [6, 6.07) is 4.94. The van der Waals surface area contributed by atoms with Gasteiger partial charge in [0.15, 0.2) is 0 Å². The monoisotopic (exact) mass is 236 g/mol. The lowest BCUT2D eigenvalue weighted by Gasteiger charge is -2.09. The lowest BCUT2D eigenvalue weighted by molar-refractivity contribution is -0.122. The number of nitrogens with two attached hydrogens (primary N) is 1. The van der Waals surface area contributed by atoms with Crippen LogP contribution < -0.4 is 11.1 Å². The van der Waals surface area contributed by atoms with Gasteiger partial charge in [-0.15, -0.1) is 11.3 Å². The van der Waals surface area contributed by atoms with Gasteiger partial charge in [0.1, 0.15) is 6.04 Å². The Bertz CT molecular complexity index is 437. The van der Waals surface area contributed by atoms with Crippen molar-refractivity contribution in [1.82, 2.24) is 5.32 Å². The molecule has 2 heterocycles. The third-order valence-corrected chi connectivity index (χ3v) is 3.13. The van der Waals surface area contributed by atoms with E-state index in [9.17, 15) is 4.79 Å². The summed E-state index contributed by atoms with van der Waals surface area (Å²) < 4.78 is 4.90. The van der Waals surface area contributed by atoms with Crippen LogP contribution in [-0.4, -0.2) is 5.91 Å². The quantitative estimate of drug-likeness (QED) is 0.848. The van der Waals surface area contributed by atoms with Crippen molar-refractivity contribution in [3.8, 4) is 0 Å². The van der Waals surface area contributed by atoms with Crippen molar-refractivity contribution in [2.75, 3.05) is 0 Å². The van der Waals surface area contributed by atoms with Crippen LogP contribution in [0.3, 0.4) is 0 Å². The van der Waals surface area contributed by atoms with Crippen LogP contribution in [0, 0.1) is 0 Å². The molecule has 0 aromatic carbocycles. The molecule has 0 saturated carbocycles. The van der Waals surface area contributed by atoms with E-state index in [0.717, 1.165) is 10.4 Å². The second kappa shape index (κ2) is 4.96. The Morgan fingerprint density at radius 3 is 3.06 bits per heavy atom. The Balaban J connectivity index is 1.89. The number of rotatable bonds is 4. The normalized spacial score (nSPS) is 12.3. The highest BCUT2D eigenvalue weighted by Crippen LogP contribution is 2.16. The van der Waals surface area contributed by atoms with Gasteiger partial charge in [-0.25, -0.2) is 0 Å². The molecule has 1 unspecified atom stereocenters. The lowest BCUT2D eigenvalue weighted by Crippen LogP contribution is -2.33. The summed E-state index contributed by atoms with van der Waals surface area (Å²) in [4.78, 5) is 12.5. The number of nitrogens with one attached hydrogen (secondary N) is 1. The van der Waals surface area contributed by atoms with Crippen LogP contribution in [0.4, 0.5) is 0 Å². The van der Waals surface area contributed by atoms with Crippen molar-refractivity contribution in [3.63, 3.8) is 0 Å². The zero-order valence-electron chi connectivity index (χ0n) is 8.55. The highest BCUT2D eigenvalue weighted by molar-refractivity contribution is 7.10. The second-order valence-corrected chi connectivity index (χ2v) is 4.32. The van der Waals surface area contributed by atoms with Crippen molar-refractivity contribution in [2.24, 2.45) is 5.73 Å². The standard InChI is InChI=1S/C11H12N2O2S/c12-10(9-2-1-5-16-9)11(14)13-6-8-3-4-15-7-8/h1-5,7,10H,6,12H2,(H,13,14). The van der Waals surface area contributed by atoms with Crippen LogP contribution in [0.2, 0.25) is 0 Å². The van der Waals surface area contributed by atoms with E-state index in [4.69, 9.17) is 10.2 Å². The fourth-order valence-corrected chi connectivity index (χ4v) is 2.01. The molecule has 0 saturated heterocycles. The summed E-state index contributed by atoms with van der Waals surface area (Å²) in [5.74, 6) is -0.177. The molecule has 2 aromatic heterocycles. The molecule has 0 spiro atoms. The van der Waals surface area contributed by atoms with E-state index in [2.05, 4.69) is 5.32 Å². The summed E-state index contributed by atoms with van der Waals surface area (Å²) >= 11 is 1.48. The fourth-order valence-electron chi connectivity index (χ4n) is 1.29. The van der Waals surface area contributed by atoms with Crippen LogP contribution in [0.5, 0.6) is 0 Å². The number of amides is 1. The Hall–Kier alpha value is -1.59. The number of hydrogen-bond donors (Lipinski definition) is 2. The first-order valence-corrected chi connectivity index (χ1v) is 5.73. The maximum atomic E-state index is 11.7. The predicted molar refractivity (Wildman–Crippen MR) is 61.8 cm³/mol. The summed E-state index contributed by atoms with van der Waals surface area (Å²) in [6.45, 7) is 0.439. The second-order valence-electron chi connectivity index (χ2n) is 3.34. The molecule has 0 aliphatic heterocycles. The smallest absolute Gasteiger partial charge is 0.242 e. The zero-order chi connectivity index (χ0) is 11.4. The van der Waals surface area contributed by atoms with Crippen molar-refractivity contribution < 1.29 is 9.21 Å². The number of furan rings is 1. The molecular weight excluding hydrogens is 224 g/mol. The number of hydrogen-bond acceptors (Lipinski definition) is 4. The van der Waals surface area contributed by atoms with Gasteiger partial charge in [-0.05, 0) is 17.5 Å². The molecule has 3 N–H and O–H groups in total. The Morgan fingerprint density at radius 2 is 2.44 bits per heavy atom. The van der Waals surface area contributed by atoms with Crippen LogP contribution in [-0.2, 0) is 11.3 Å². The number of thiophene rings is 1. The molecule has 1 amide bonds. The van der Waals surface area contributed by atoms with Crippen molar-refractivity contribution in [2.45, 2.75) is 12.6 Å². The molecule has 0 radical (unpaired) electrons. The van der Waals surface area contributed by atoms with Gasteiger partial charge < -0.3 is 15.5 Å². The highest BCUT2D eigenvalue weighted by Gasteiger charge is 2.15. The number of carbonyl (C=O) groups excluding carboxylic acids is 1. The van der Waals surface area contributed by atoms with Crippen molar-refractivity contribution >= 4 is 17.2 Å². The van der Waals surface area contributed by atoms with Gasteiger partial charge in [0, 0.05) is 17.0 Å². The van der Waals surface area contributed by atoms with Gasteiger partial charge in [-0.1, -0.05) is 6.07 Å². The molecule has 4 nitrogen and oxygen atoms in total. The van der Waals surface area contributed by atoms with Crippen LogP contribution >= 0.6 is 11.3 Å². The van der Waals surface area contributed by atoms with Gasteiger partial charge in [0.25, 0.3) is 0 Å². The molecule has 5 heteroatoms. The van der Waals surface area contributed by atoms with Gasteiger partial charge >= 0.3 is 0 Å². The van der Waals surface area contributed by atoms with Crippen molar-refractivity contribution in [1.29, 1.82) is 0 Å². The predicted octanol–water partition coefficient (Wildman–Crippen LogP) is 1.66. The largest absolute Gasteiger partial charge is 0.472 e. The van der Waals surface area contributed by atoms with Gasteiger partial charge in [0.05, 0.1) is 12.5 Å². The third-order valence-electron chi connectivity index (χ3n) is 2.18. The summed E-state index contributed by atoms with van der Waals surface area (Å²) in [6.07, 6.45) is 3.16. The zero-order valence-corrected chi connectivity index (χ0v) is 9.37. The summed E-state index contributed by atoms with van der Waals surface area (Å²) in [5.41, 5.74) is 6.72. The minimum Gasteiger partial charge on any atom is -0.472 e. The molecule has 0 bridgehead atoms. The van der Waals surface area contributed by atoms with E-state index in [1.54, 1.807) is 18.6 Å². The third kappa shape index (κ3) is 2.50. The Kier molecular flexibility index (Phi) is 3.38. The maximum Gasteiger partial charge on any atom is 0.242 e. The molecule has 2 rings (SSSR count). The topological polar surface area (TPSA) is 68.3 Å². The van der Waals surface area contributed by atoms with E-state index < -0.39 is 6.04 Å². The van der Waals surface area contributed by atoms with Gasteiger partial charge in [-0.3, -0.25) is 4.79 Å². The molecular formula is C11H12N2O2S. The van der Waals surface area contributed by atoms with Crippen molar-refractivity contribution in [3.05, 3.63) is 46.5 Å². The van der Waals surface area contributed by atoms with Gasteiger partial charge in [-0.2, -0.15) is 0 Å². The fraction of sp³-hybridized carbons (Fsp3) is 0.182. The summed E-state index contributed by atoms with van der Waals surface area (Å²) in [7, 11) is 0. The average Bonchev–Trinajstić information content (AvgIpc) is 2.96. The molecule has 0 aliphatic carbocycles. The molecule has 0 fully saturated rings. The SMILES string of the molecule is NC(C(=O)NCc1ccoc1)c1cccs1. The molecule has 16 heavy (non-hydrogen) atoms.